The van der Waals surface area contributed by atoms with Gasteiger partial charge in [0.2, 0.25) is 5.91 Å². The van der Waals surface area contributed by atoms with Crippen molar-refractivity contribution in [1.29, 1.82) is 0 Å². The lowest BCUT2D eigenvalue weighted by Crippen LogP contribution is -2.30. The second kappa shape index (κ2) is 9.30. The van der Waals surface area contributed by atoms with Crippen molar-refractivity contribution in [2.75, 3.05) is 36.4 Å². The van der Waals surface area contributed by atoms with Crippen LogP contribution in [0.1, 0.15) is 25.7 Å². The number of nitrogens with one attached hydrogen (secondary N) is 2. The minimum Gasteiger partial charge on any atom is -0.370 e. The number of anilines is 2. The minimum absolute atomic E-state index is 0. The highest BCUT2D eigenvalue weighted by Gasteiger charge is 2.22. The molecule has 2 N–H and O–H groups in total. The quantitative estimate of drug-likeness (QED) is 0.815. The van der Waals surface area contributed by atoms with Gasteiger partial charge in [-0.2, -0.15) is 0 Å². The number of rotatable bonds is 6. The number of carbonyl (C=O) groups is 1. The molecule has 1 aliphatic carbocycles. The Morgan fingerprint density at radius 1 is 1.22 bits per heavy atom. The van der Waals surface area contributed by atoms with Crippen LogP contribution in [0.3, 0.4) is 0 Å². The van der Waals surface area contributed by atoms with E-state index in [9.17, 15) is 9.18 Å². The zero-order chi connectivity index (χ0) is 14.7. The Labute approximate surface area is 149 Å². The highest BCUT2D eigenvalue weighted by atomic mass is 35.5. The van der Waals surface area contributed by atoms with Gasteiger partial charge in [0.15, 0.2) is 0 Å². The first-order valence-corrected chi connectivity index (χ1v) is 7.78. The fourth-order valence-electron chi connectivity index (χ4n) is 2.75. The van der Waals surface area contributed by atoms with E-state index < -0.39 is 0 Å². The van der Waals surface area contributed by atoms with Crippen molar-refractivity contribution in [2.24, 2.45) is 5.92 Å². The van der Waals surface area contributed by atoms with E-state index in [-0.39, 0.29) is 43.1 Å². The number of nitrogens with zero attached hydrogens (tertiary/aromatic N) is 1. The van der Waals surface area contributed by atoms with Gasteiger partial charge in [0, 0.05) is 13.1 Å². The van der Waals surface area contributed by atoms with Gasteiger partial charge in [-0.05, 0) is 50.3 Å². The molecule has 7 heteroatoms. The Kier molecular flexibility index (Phi) is 8.09. The Hall–Kier alpha value is -1.04. The van der Waals surface area contributed by atoms with Gasteiger partial charge in [-0.3, -0.25) is 4.79 Å². The summed E-state index contributed by atoms with van der Waals surface area (Å²) >= 11 is 0. The summed E-state index contributed by atoms with van der Waals surface area (Å²) in [5, 5.41) is 5.86. The van der Waals surface area contributed by atoms with E-state index in [0.29, 0.717) is 5.69 Å². The Morgan fingerprint density at radius 3 is 2.57 bits per heavy atom. The summed E-state index contributed by atoms with van der Waals surface area (Å²) in [6.45, 7) is 2.96. The van der Waals surface area contributed by atoms with Crippen LogP contribution in [0.25, 0.3) is 0 Å². The molecule has 4 nitrogen and oxygen atoms in total. The zero-order valence-electron chi connectivity index (χ0n) is 13.0. The van der Waals surface area contributed by atoms with Gasteiger partial charge in [-0.1, -0.05) is 6.07 Å². The van der Waals surface area contributed by atoms with E-state index in [1.807, 2.05) is 6.07 Å². The number of hydrogen-bond acceptors (Lipinski definition) is 3. The third-order valence-corrected chi connectivity index (χ3v) is 4.12. The van der Waals surface area contributed by atoms with Gasteiger partial charge >= 0.3 is 0 Å². The maximum Gasteiger partial charge on any atom is 0.238 e. The van der Waals surface area contributed by atoms with Gasteiger partial charge in [0.1, 0.15) is 11.5 Å². The van der Waals surface area contributed by atoms with Crippen molar-refractivity contribution in [1.82, 2.24) is 5.32 Å². The standard InChI is InChI=1S/C16H22FN3O.2ClH/c17-13-4-3-5-14(20-8-1-2-9-20)16(13)19-15(21)11-18-10-12-6-7-12;;/h3-5,12,18H,1-2,6-11H2,(H,19,21);2*1H. The Bertz CT molecular complexity index is 520. The third-order valence-electron chi connectivity index (χ3n) is 4.12. The van der Waals surface area contributed by atoms with Gasteiger partial charge in [0.05, 0.1) is 12.2 Å². The molecule has 0 aromatic heterocycles. The lowest BCUT2D eigenvalue weighted by molar-refractivity contribution is -0.115. The largest absolute Gasteiger partial charge is 0.370 e. The van der Waals surface area contributed by atoms with Crippen LogP contribution < -0.4 is 15.5 Å². The molecule has 1 heterocycles. The molecule has 0 bridgehead atoms. The smallest absolute Gasteiger partial charge is 0.238 e. The second-order valence-corrected chi connectivity index (χ2v) is 5.95. The van der Waals surface area contributed by atoms with Gasteiger partial charge < -0.3 is 15.5 Å². The number of carbonyl (C=O) groups excluding carboxylic acids is 1. The van der Waals surface area contributed by atoms with E-state index in [1.54, 1.807) is 6.07 Å². The van der Waals surface area contributed by atoms with Gasteiger partial charge in [-0.25, -0.2) is 4.39 Å². The summed E-state index contributed by atoms with van der Waals surface area (Å²) in [6, 6.07) is 4.97. The van der Waals surface area contributed by atoms with E-state index in [1.165, 1.54) is 18.9 Å². The molecule has 1 saturated heterocycles. The van der Waals surface area contributed by atoms with E-state index in [2.05, 4.69) is 15.5 Å². The molecule has 0 radical (unpaired) electrons. The SMILES string of the molecule is Cl.Cl.O=C(CNCC1CC1)Nc1c(F)cccc1N1CCCC1. The van der Waals surface area contributed by atoms with Crippen LogP contribution in [-0.2, 0) is 4.79 Å². The van der Waals surface area contributed by atoms with Crippen LogP contribution in [0.5, 0.6) is 0 Å². The molecule has 23 heavy (non-hydrogen) atoms. The van der Waals surface area contributed by atoms with Crippen molar-refractivity contribution >= 4 is 42.1 Å². The first-order chi connectivity index (χ1) is 10.2. The van der Waals surface area contributed by atoms with Gasteiger partial charge in [-0.15, -0.1) is 24.8 Å². The molecule has 0 spiro atoms. The maximum absolute atomic E-state index is 14.1. The molecule has 1 aliphatic heterocycles. The number of benzene rings is 1. The lowest BCUT2D eigenvalue weighted by Gasteiger charge is -2.22. The zero-order valence-corrected chi connectivity index (χ0v) is 14.6. The average Bonchev–Trinajstić information content (AvgIpc) is 3.13. The van der Waals surface area contributed by atoms with Crippen LogP contribution in [0.15, 0.2) is 18.2 Å². The predicted octanol–water partition coefficient (Wildman–Crippen LogP) is 3.21. The van der Waals surface area contributed by atoms with E-state index in [4.69, 9.17) is 0 Å². The highest BCUT2D eigenvalue weighted by Crippen LogP contribution is 2.31. The van der Waals surface area contributed by atoms with Crippen molar-refractivity contribution in [3.8, 4) is 0 Å². The molecule has 2 fully saturated rings. The maximum atomic E-state index is 14.1. The molecule has 1 amide bonds. The van der Waals surface area contributed by atoms with Crippen LogP contribution in [0, 0.1) is 11.7 Å². The normalized spacial score (nSPS) is 16.5. The van der Waals surface area contributed by atoms with E-state index >= 15 is 0 Å². The Balaban J connectivity index is 0.00000132. The summed E-state index contributed by atoms with van der Waals surface area (Å²) in [5.41, 5.74) is 1.11. The molecule has 130 valence electrons. The van der Waals surface area contributed by atoms with Crippen LogP contribution in [0.4, 0.5) is 15.8 Å². The Morgan fingerprint density at radius 2 is 1.91 bits per heavy atom. The second-order valence-electron chi connectivity index (χ2n) is 5.95. The van der Waals surface area contributed by atoms with Crippen LogP contribution in [-0.4, -0.2) is 32.1 Å². The molecule has 1 saturated carbocycles. The molecule has 3 rings (SSSR count). The summed E-state index contributed by atoms with van der Waals surface area (Å²) in [6.07, 6.45) is 4.74. The lowest BCUT2D eigenvalue weighted by atomic mass is 10.2. The molecular weight excluding hydrogens is 340 g/mol. The topological polar surface area (TPSA) is 44.4 Å². The number of halogens is 3. The van der Waals surface area contributed by atoms with Crippen molar-refractivity contribution in [3.63, 3.8) is 0 Å². The monoisotopic (exact) mass is 363 g/mol. The molecule has 2 aliphatic rings. The van der Waals surface area contributed by atoms with Crippen molar-refractivity contribution in [2.45, 2.75) is 25.7 Å². The fourth-order valence-corrected chi connectivity index (χ4v) is 2.75. The first kappa shape index (κ1) is 20.0. The third kappa shape index (κ3) is 5.52. The molecular formula is C16H24Cl2FN3O. The number of para-hydroxylation sites is 1. The van der Waals surface area contributed by atoms with Gasteiger partial charge in [0.25, 0.3) is 0 Å². The number of hydrogen-bond donors (Lipinski definition) is 2. The van der Waals surface area contributed by atoms with E-state index in [0.717, 1.165) is 44.1 Å². The average molecular weight is 364 g/mol. The fraction of sp³-hybridized carbons (Fsp3) is 0.562. The predicted molar refractivity (Wildman–Crippen MR) is 96.6 cm³/mol. The highest BCUT2D eigenvalue weighted by molar-refractivity contribution is 5.95. The molecule has 1 aromatic rings. The summed E-state index contributed by atoms with van der Waals surface area (Å²) in [4.78, 5) is 14.1. The summed E-state index contributed by atoms with van der Waals surface area (Å²) in [5.74, 6) is 0.183. The molecule has 0 atom stereocenters. The first-order valence-electron chi connectivity index (χ1n) is 7.78. The molecule has 1 aromatic carbocycles. The number of amides is 1. The van der Waals surface area contributed by atoms with Crippen LogP contribution in [0.2, 0.25) is 0 Å². The van der Waals surface area contributed by atoms with Crippen molar-refractivity contribution in [3.05, 3.63) is 24.0 Å². The van der Waals surface area contributed by atoms with Crippen molar-refractivity contribution < 1.29 is 9.18 Å². The van der Waals surface area contributed by atoms with Crippen LogP contribution >= 0.6 is 24.8 Å². The summed E-state index contributed by atoms with van der Waals surface area (Å²) in [7, 11) is 0. The molecule has 0 unspecified atom stereocenters. The minimum atomic E-state index is -0.366. The summed E-state index contributed by atoms with van der Waals surface area (Å²) < 4.78 is 14.1.